The summed E-state index contributed by atoms with van der Waals surface area (Å²) in [6.07, 6.45) is -1.33. The van der Waals surface area contributed by atoms with Crippen molar-refractivity contribution in [1.29, 1.82) is 0 Å². The van der Waals surface area contributed by atoms with Gasteiger partial charge in [-0.25, -0.2) is 4.39 Å². The number of Topliss-reactive ketones (excluding diaryl/α,β-unsaturated/α-hetero) is 1. The Morgan fingerprint density at radius 1 is 1.10 bits per heavy atom. The first-order valence-electron chi connectivity index (χ1n) is 10.5. The maximum absolute atomic E-state index is 15.0. The SMILES string of the molecule is CC(C)(C)OC(=O)C1CC2(c3ccccc3)C(=O)C(F)CC1N2Cc1ccccc1. The molecule has 0 radical (unpaired) electrons. The molecule has 2 aromatic rings. The van der Waals surface area contributed by atoms with E-state index in [9.17, 15) is 9.59 Å². The summed E-state index contributed by atoms with van der Waals surface area (Å²) in [4.78, 5) is 28.5. The molecule has 4 unspecified atom stereocenters. The van der Waals surface area contributed by atoms with Gasteiger partial charge in [0.15, 0.2) is 12.0 Å². The van der Waals surface area contributed by atoms with Crippen LogP contribution in [0, 0.1) is 5.92 Å². The molecule has 0 aliphatic carbocycles. The molecule has 4 rings (SSSR count). The Labute approximate surface area is 177 Å². The Morgan fingerprint density at radius 2 is 1.70 bits per heavy atom. The molecule has 0 saturated carbocycles. The molecule has 2 aromatic carbocycles. The Bertz CT molecular complexity index is 924. The van der Waals surface area contributed by atoms with Crippen LogP contribution in [0.4, 0.5) is 4.39 Å². The van der Waals surface area contributed by atoms with Gasteiger partial charge in [-0.1, -0.05) is 60.7 Å². The molecule has 0 N–H and O–H groups in total. The number of piperidine rings is 1. The zero-order valence-electron chi connectivity index (χ0n) is 17.7. The van der Waals surface area contributed by atoms with E-state index in [-0.39, 0.29) is 18.8 Å². The van der Waals surface area contributed by atoms with Crippen LogP contribution < -0.4 is 0 Å². The number of alkyl halides is 1. The summed E-state index contributed by atoms with van der Waals surface area (Å²) in [5, 5.41) is 0. The zero-order valence-corrected chi connectivity index (χ0v) is 17.7. The summed E-state index contributed by atoms with van der Waals surface area (Å²) in [6.45, 7) is 5.94. The summed E-state index contributed by atoms with van der Waals surface area (Å²) in [5.41, 5.74) is -0.0416. The Balaban J connectivity index is 1.81. The average molecular weight is 410 g/mol. The highest BCUT2D eigenvalue weighted by atomic mass is 19.1. The predicted molar refractivity (Wildman–Crippen MR) is 112 cm³/mol. The summed E-state index contributed by atoms with van der Waals surface area (Å²) < 4.78 is 20.7. The minimum atomic E-state index is -1.59. The van der Waals surface area contributed by atoms with Crippen LogP contribution in [-0.4, -0.2) is 34.5 Å². The number of nitrogens with zero attached hydrogens (tertiary/aromatic N) is 1. The number of carbonyl (C=O) groups excluding carboxylic acids is 2. The van der Waals surface area contributed by atoms with Crippen molar-refractivity contribution in [3.8, 4) is 0 Å². The topological polar surface area (TPSA) is 46.6 Å². The molecule has 2 bridgehead atoms. The summed E-state index contributed by atoms with van der Waals surface area (Å²) >= 11 is 0. The average Bonchev–Trinajstić information content (AvgIpc) is 2.96. The number of ketones is 1. The van der Waals surface area contributed by atoms with E-state index in [0.29, 0.717) is 6.54 Å². The van der Waals surface area contributed by atoms with Crippen LogP contribution in [-0.2, 0) is 26.4 Å². The molecule has 5 heteroatoms. The Morgan fingerprint density at radius 3 is 2.30 bits per heavy atom. The molecule has 30 heavy (non-hydrogen) atoms. The van der Waals surface area contributed by atoms with Gasteiger partial charge in [0, 0.05) is 19.0 Å². The van der Waals surface area contributed by atoms with Gasteiger partial charge in [-0.3, -0.25) is 14.5 Å². The van der Waals surface area contributed by atoms with Crippen LogP contribution in [0.2, 0.25) is 0 Å². The van der Waals surface area contributed by atoms with Crippen LogP contribution >= 0.6 is 0 Å². The van der Waals surface area contributed by atoms with Gasteiger partial charge in [-0.2, -0.15) is 0 Å². The number of esters is 1. The summed E-state index contributed by atoms with van der Waals surface area (Å²) in [5.74, 6) is -1.37. The minimum Gasteiger partial charge on any atom is -0.460 e. The van der Waals surface area contributed by atoms with Gasteiger partial charge in [0.1, 0.15) is 11.1 Å². The standard InChI is InChI=1S/C25H28FNO3/c1-24(2,3)30-23(29)19-15-25(18-12-8-5-9-13-18)22(28)20(26)14-21(19)27(25)16-17-10-6-4-7-11-17/h4-13,19-21H,14-16H2,1-3H3. The smallest absolute Gasteiger partial charge is 0.311 e. The van der Waals surface area contributed by atoms with Gasteiger partial charge in [0.05, 0.1) is 5.92 Å². The molecular formula is C25H28FNO3. The normalized spacial score (nSPS) is 29.1. The maximum Gasteiger partial charge on any atom is 0.311 e. The third kappa shape index (κ3) is 3.56. The quantitative estimate of drug-likeness (QED) is 0.701. The van der Waals surface area contributed by atoms with Crippen molar-refractivity contribution in [3.63, 3.8) is 0 Å². The number of carbonyl (C=O) groups is 2. The molecule has 0 amide bonds. The lowest BCUT2D eigenvalue weighted by molar-refractivity contribution is -0.161. The number of fused-ring (bicyclic) bond motifs is 2. The zero-order chi connectivity index (χ0) is 21.5. The summed E-state index contributed by atoms with van der Waals surface area (Å²) in [7, 11) is 0. The van der Waals surface area contributed by atoms with Crippen molar-refractivity contribution >= 4 is 11.8 Å². The van der Waals surface area contributed by atoms with Crippen molar-refractivity contribution in [2.24, 2.45) is 5.92 Å². The van der Waals surface area contributed by atoms with Crippen molar-refractivity contribution in [2.75, 3.05) is 0 Å². The number of halogens is 1. The molecule has 158 valence electrons. The Kier molecular flexibility index (Phi) is 5.27. The third-order valence-corrected chi connectivity index (χ3v) is 6.17. The van der Waals surface area contributed by atoms with E-state index in [1.54, 1.807) is 0 Å². The molecule has 2 heterocycles. The fourth-order valence-electron chi connectivity index (χ4n) is 4.97. The first-order chi connectivity index (χ1) is 14.2. The van der Waals surface area contributed by atoms with E-state index in [2.05, 4.69) is 0 Å². The summed E-state index contributed by atoms with van der Waals surface area (Å²) in [6, 6.07) is 18.7. The maximum atomic E-state index is 15.0. The molecule has 0 aromatic heterocycles. The monoisotopic (exact) mass is 409 g/mol. The van der Waals surface area contributed by atoms with Crippen molar-refractivity contribution in [1.82, 2.24) is 4.90 Å². The number of hydrogen-bond acceptors (Lipinski definition) is 4. The minimum absolute atomic E-state index is 0.0180. The van der Waals surface area contributed by atoms with Gasteiger partial charge in [0.2, 0.25) is 0 Å². The van der Waals surface area contributed by atoms with Gasteiger partial charge in [-0.15, -0.1) is 0 Å². The number of benzene rings is 2. The van der Waals surface area contributed by atoms with Gasteiger partial charge in [-0.05, 0) is 38.3 Å². The van der Waals surface area contributed by atoms with Crippen LogP contribution in [0.15, 0.2) is 60.7 Å². The molecule has 4 atom stereocenters. The van der Waals surface area contributed by atoms with Crippen LogP contribution in [0.1, 0.15) is 44.7 Å². The highest BCUT2D eigenvalue weighted by Crippen LogP contribution is 2.53. The lowest BCUT2D eigenvalue weighted by Crippen LogP contribution is -2.58. The molecule has 4 nitrogen and oxygen atoms in total. The van der Waals surface area contributed by atoms with Crippen LogP contribution in [0.25, 0.3) is 0 Å². The Hall–Kier alpha value is -2.53. The molecule has 2 saturated heterocycles. The molecular weight excluding hydrogens is 381 g/mol. The van der Waals surface area contributed by atoms with Crippen molar-refractivity contribution < 1.29 is 18.7 Å². The number of ether oxygens (including phenoxy) is 1. The largest absolute Gasteiger partial charge is 0.460 e. The van der Waals surface area contributed by atoms with Gasteiger partial charge < -0.3 is 4.74 Å². The fraction of sp³-hybridized carbons (Fsp3) is 0.440. The van der Waals surface area contributed by atoms with Crippen molar-refractivity contribution in [2.45, 2.75) is 63.5 Å². The van der Waals surface area contributed by atoms with Crippen LogP contribution in [0.3, 0.4) is 0 Å². The van der Waals surface area contributed by atoms with E-state index < -0.39 is 35.1 Å². The lowest BCUT2D eigenvalue weighted by Gasteiger charge is -2.45. The first-order valence-corrected chi connectivity index (χ1v) is 10.5. The van der Waals surface area contributed by atoms with Crippen molar-refractivity contribution in [3.05, 3.63) is 71.8 Å². The highest BCUT2D eigenvalue weighted by Gasteiger charge is 2.64. The highest BCUT2D eigenvalue weighted by molar-refractivity contribution is 5.96. The van der Waals surface area contributed by atoms with Gasteiger partial charge in [0.25, 0.3) is 0 Å². The van der Waals surface area contributed by atoms with E-state index >= 15 is 4.39 Å². The second-order valence-electron chi connectivity index (χ2n) is 9.32. The van der Waals surface area contributed by atoms with E-state index in [0.717, 1.165) is 11.1 Å². The van der Waals surface area contributed by atoms with E-state index in [4.69, 9.17) is 4.74 Å². The third-order valence-electron chi connectivity index (χ3n) is 6.17. The predicted octanol–water partition coefficient (Wildman–Crippen LogP) is 4.43. The fourth-order valence-corrected chi connectivity index (χ4v) is 4.97. The first kappa shape index (κ1) is 20.7. The van der Waals surface area contributed by atoms with E-state index in [1.807, 2.05) is 86.3 Å². The number of hydrogen-bond donors (Lipinski definition) is 0. The second kappa shape index (κ2) is 7.62. The van der Waals surface area contributed by atoms with Crippen LogP contribution in [0.5, 0.6) is 0 Å². The van der Waals surface area contributed by atoms with E-state index in [1.165, 1.54) is 0 Å². The molecule has 2 fully saturated rings. The lowest BCUT2D eigenvalue weighted by atomic mass is 9.79. The number of rotatable bonds is 4. The molecule has 2 aliphatic rings. The molecule has 0 spiro atoms. The molecule has 2 aliphatic heterocycles. The van der Waals surface area contributed by atoms with Gasteiger partial charge >= 0.3 is 5.97 Å². The second-order valence-corrected chi connectivity index (χ2v) is 9.32.